The van der Waals surface area contributed by atoms with Crippen molar-refractivity contribution in [2.24, 2.45) is 5.92 Å². The van der Waals surface area contributed by atoms with Crippen molar-refractivity contribution >= 4 is 5.91 Å². The van der Waals surface area contributed by atoms with E-state index in [2.05, 4.69) is 43.4 Å². The van der Waals surface area contributed by atoms with Gasteiger partial charge in [-0.25, -0.2) is 0 Å². The van der Waals surface area contributed by atoms with Crippen LogP contribution >= 0.6 is 0 Å². The van der Waals surface area contributed by atoms with Crippen molar-refractivity contribution in [1.82, 2.24) is 5.32 Å². The summed E-state index contributed by atoms with van der Waals surface area (Å²) < 4.78 is 0. The molecule has 1 aromatic rings. The van der Waals surface area contributed by atoms with Gasteiger partial charge in [0.05, 0.1) is 5.92 Å². The standard InChI is InChI=1S/C15H23NO/c1-5-16-15(17)12(4)14-8-6-13(7-9-14)10-11(2)3/h6-9,11-12H,5,10H2,1-4H3,(H,16,17)/t12-/m1/s1. The lowest BCUT2D eigenvalue weighted by atomic mass is 9.96. The van der Waals surface area contributed by atoms with Crippen molar-refractivity contribution < 1.29 is 4.79 Å². The van der Waals surface area contributed by atoms with Crippen LogP contribution in [0, 0.1) is 5.92 Å². The molecule has 0 unspecified atom stereocenters. The average molecular weight is 233 g/mol. The molecule has 0 aliphatic rings. The Kier molecular flexibility index (Phi) is 5.20. The van der Waals surface area contributed by atoms with E-state index < -0.39 is 0 Å². The normalized spacial score (nSPS) is 12.5. The third-order valence-electron chi connectivity index (χ3n) is 2.87. The highest BCUT2D eigenvalue weighted by atomic mass is 16.1. The van der Waals surface area contributed by atoms with Gasteiger partial charge in [0.25, 0.3) is 0 Å². The Labute approximate surface area is 104 Å². The summed E-state index contributed by atoms with van der Waals surface area (Å²) in [5, 5.41) is 2.85. The molecular formula is C15H23NO. The van der Waals surface area contributed by atoms with Crippen LogP contribution in [0.5, 0.6) is 0 Å². The quantitative estimate of drug-likeness (QED) is 0.831. The van der Waals surface area contributed by atoms with E-state index in [1.54, 1.807) is 0 Å². The summed E-state index contributed by atoms with van der Waals surface area (Å²) in [7, 11) is 0. The second kappa shape index (κ2) is 6.43. The van der Waals surface area contributed by atoms with Gasteiger partial charge in [-0.05, 0) is 37.3 Å². The van der Waals surface area contributed by atoms with Gasteiger partial charge in [-0.2, -0.15) is 0 Å². The molecule has 0 spiro atoms. The van der Waals surface area contributed by atoms with E-state index in [9.17, 15) is 4.79 Å². The third-order valence-corrected chi connectivity index (χ3v) is 2.87. The van der Waals surface area contributed by atoms with E-state index in [0.29, 0.717) is 12.5 Å². The number of nitrogens with one attached hydrogen (secondary N) is 1. The predicted molar refractivity (Wildman–Crippen MR) is 72.1 cm³/mol. The van der Waals surface area contributed by atoms with Crippen LogP contribution in [0.3, 0.4) is 0 Å². The molecule has 2 nitrogen and oxygen atoms in total. The Balaban J connectivity index is 2.70. The molecule has 0 fully saturated rings. The summed E-state index contributed by atoms with van der Waals surface area (Å²) in [6, 6.07) is 8.39. The molecule has 0 saturated heterocycles. The third kappa shape index (κ3) is 4.22. The minimum atomic E-state index is -0.0666. The maximum absolute atomic E-state index is 11.7. The highest BCUT2D eigenvalue weighted by molar-refractivity contribution is 5.83. The number of carbonyl (C=O) groups is 1. The summed E-state index contributed by atoms with van der Waals surface area (Å²) in [5.41, 5.74) is 2.43. The second-order valence-corrected chi connectivity index (χ2v) is 4.96. The Bertz CT molecular complexity index is 354. The van der Waals surface area contributed by atoms with Crippen LogP contribution in [0.15, 0.2) is 24.3 Å². The number of likely N-dealkylation sites (N-methyl/N-ethyl adjacent to an activating group) is 1. The van der Waals surface area contributed by atoms with E-state index in [1.807, 2.05) is 13.8 Å². The fourth-order valence-corrected chi connectivity index (χ4v) is 1.89. The molecule has 0 saturated carbocycles. The zero-order chi connectivity index (χ0) is 12.8. The number of amides is 1. The second-order valence-electron chi connectivity index (χ2n) is 4.96. The van der Waals surface area contributed by atoms with Crippen LogP contribution in [0.25, 0.3) is 0 Å². The molecule has 0 bridgehead atoms. The minimum absolute atomic E-state index is 0.0666. The van der Waals surface area contributed by atoms with Crippen molar-refractivity contribution in [3.63, 3.8) is 0 Å². The lowest BCUT2D eigenvalue weighted by Crippen LogP contribution is -2.27. The summed E-state index contributed by atoms with van der Waals surface area (Å²) in [6.07, 6.45) is 1.09. The first-order chi connectivity index (χ1) is 8.04. The van der Waals surface area contributed by atoms with E-state index >= 15 is 0 Å². The largest absolute Gasteiger partial charge is 0.356 e. The smallest absolute Gasteiger partial charge is 0.227 e. The molecule has 0 aromatic heterocycles. The molecule has 1 rings (SSSR count). The summed E-state index contributed by atoms with van der Waals surface area (Å²) in [5.74, 6) is 0.703. The molecule has 0 aliphatic heterocycles. The maximum Gasteiger partial charge on any atom is 0.227 e. The Morgan fingerprint density at radius 2 is 1.76 bits per heavy atom. The van der Waals surface area contributed by atoms with Gasteiger partial charge in [-0.1, -0.05) is 38.1 Å². The fourth-order valence-electron chi connectivity index (χ4n) is 1.89. The summed E-state index contributed by atoms with van der Waals surface area (Å²) in [4.78, 5) is 11.7. The number of hydrogen-bond donors (Lipinski definition) is 1. The topological polar surface area (TPSA) is 29.1 Å². The molecule has 2 heteroatoms. The van der Waals surface area contributed by atoms with Crippen molar-refractivity contribution in [3.8, 4) is 0 Å². The van der Waals surface area contributed by atoms with Crippen molar-refractivity contribution in [3.05, 3.63) is 35.4 Å². The summed E-state index contributed by atoms with van der Waals surface area (Å²) >= 11 is 0. The van der Waals surface area contributed by atoms with Gasteiger partial charge >= 0.3 is 0 Å². The summed E-state index contributed by atoms with van der Waals surface area (Å²) in [6.45, 7) is 9.00. The van der Waals surface area contributed by atoms with E-state index in [0.717, 1.165) is 12.0 Å². The van der Waals surface area contributed by atoms with Crippen molar-refractivity contribution in [2.75, 3.05) is 6.54 Å². The lowest BCUT2D eigenvalue weighted by molar-refractivity contribution is -0.122. The zero-order valence-electron chi connectivity index (χ0n) is 11.3. The van der Waals surface area contributed by atoms with Crippen LogP contribution in [0.2, 0.25) is 0 Å². The first-order valence-corrected chi connectivity index (χ1v) is 6.41. The number of benzene rings is 1. The van der Waals surface area contributed by atoms with Crippen molar-refractivity contribution in [2.45, 2.75) is 40.0 Å². The zero-order valence-corrected chi connectivity index (χ0v) is 11.3. The first kappa shape index (κ1) is 13.8. The van der Waals surface area contributed by atoms with Gasteiger partial charge in [-0.3, -0.25) is 4.79 Å². The number of carbonyl (C=O) groups excluding carboxylic acids is 1. The predicted octanol–water partition coefficient (Wildman–Crippen LogP) is 3.12. The van der Waals surface area contributed by atoms with Crippen LogP contribution in [-0.4, -0.2) is 12.5 Å². The fraction of sp³-hybridized carbons (Fsp3) is 0.533. The molecule has 94 valence electrons. The molecule has 1 amide bonds. The van der Waals surface area contributed by atoms with Gasteiger partial charge in [0.1, 0.15) is 0 Å². The molecule has 17 heavy (non-hydrogen) atoms. The van der Waals surface area contributed by atoms with Gasteiger partial charge in [0, 0.05) is 6.54 Å². The monoisotopic (exact) mass is 233 g/mol. The Hall–Kier alpha value is -1.31. The lowest BCUT2D eigenvalue weighted by Gasteiger charge is -2.12. The molecule has 0 radical (unpaired) electrons. The maximum atomic E-state index is 11.7. The van der Waals surface area contributed by atoms with E-state index in [-0.39, 0.29) is 11.8 Å². The van der Waals surface area contributed by atoms with E-state index in [4.69, 9.17) is 0 Å². The van der Waals surface area contributed by atoms with Crippen LogP contribution < -0.4 is 5.32 Å². The van der Waals surface area contributed by atoms with Crippen LogP contribution in [-0.2, 0) is 11.2 Å². The number of hydrogen-bond acceptors (Lipinski definition) is 1. The first-order valence-electron chi connectivity index (χ1n) is 6.41. The van der Waals surface area contributed by atoms with Gasteiger partial charge in [-0.15, -0.1) is 0 Å². The van der Waals surface area contributed by atoms with E-state index in [1.165, 1.54) is 5.56 Å². The molecule has 0 aliphatic carbocycles. The molecular weight excluding hydrogens is 210 g/mol. The van der Waals surface area contributed by atoms with Gasteiger partial charge in [0.2, 0.25) is 5.91 Å². The average Bonchev–Trinajstić information content (AvgIpc) is 2.28. The highest BCUT2D eigenvalue weighted by Gasteiger charge is 2.13. The molecule has 1 aromatic carbocycles. The van der Waals surface area contributed by atoms with Crippen LogP contribution in [0.1, 0.15) is 44.7 Å². The Morgan fingerprint density at radius 1 is 1.18 bits per heavy atom. The molecule has 1 atom stereocenters. The highest BCUT2D eigenvalue weighted by Crippen LogP contribution is 2.17. The number of rotatable bonds is 5. The van der Waals surface area contributed by atoms with Gasteiger partial charge < -0.3 is 5.32 Å². The van der Waals surface area contributed by atoms with Crippen LogP contribution in [0.4, 0.5) is 0 Å². The minimum Gasteiger partial charge on any atom is -0.356 e. The Morgan fingerprint density at radius 3 is 2.24 bits per heavy atom. The molecule has 1 N–H and O–H groups in total. The SMILES string of the molecule is CCNC(=O)[C@H](C)c1ccc(CC(C)C)cc1. The molecule has 0 heterocycles. The van der Waals surface area contributed by atoms with Gasteiger partial charge in [0.15, 0.2) is 0 Å². The van der Waals surface area contributed by atoms with Crippen molar-refractivity contribution in [1.29, 1.82) is 0 Å².